The summed E-state index contributed by atoms with van der Waals surface area (Å²) in [7, 11) is 0. The molecule has 1 saturated heterocycles. The van der Waals surface area contributed by atoms with Gasteiger partial charge < -0.3 is 5.32 Å². The van der Waals surface area contributed by atoms with Crippen LogP contribution in [0.5, 0.6) is 0 Å². The van der Waals surface area contributed by atoms with Crippen molar-refractivity contribution in [2.24, 2.45) is 5.92 Å². The highest BCUT2D eigenvalue weighted by atomic mass is 35.5. The molecule has 4 rings (SSSR count). The molecule has 1 fully saturated rings. The highest BCUT2D eigenvalue weighted by Crippen LogP contribution is 2.36. The van der Waals surface area contributed by atoms with Gasteiger partial charge in [0.2, 0.25) is 5.91 Å². The molecular weight excluding hydrogens is 432 g/mol. The second-order valence-electron chi connectivity index (χ2n) is 9.46. The first-order valence-corrected chi connectivity index (χ1v) is 11.1. The van der Waals surface area contributed by atoms with E-state index in [-0.39, 0.29) is 41.5 Å². The third-order valence-electron chi connectivity index (χ3n) is 6.26. The quantitative estimate of drug-likeness (QED) is 0.488. The first kappa shape index (κ1) is 24.7. The van der Waals surface area contributed by atoms with E-state index in [1.165, 1.54) is 5.56 Å². The van der Waals surface area contributed by atoms with Crippen molar-refractivity contribution in [1.82, 2.24) is 4.90 Å². The van der Waals surface area contributed by atoms with E-state index in [1.807, 2.05) is 48.5 Å². The average Bonchev–Trinajstić information content (AvgIpc) is 3.26. The van der Waals surface area contributed by atoms with Crippen molar-refractivity contribution >= 4 is 29.8 Å². The van der Waals surface area contributed by atoms with Gasteiger partial charge in [-0.25, -0.2) is 0 Å². The number of hydrogen-bond acceptors (Lipinski definition) is 3. The molecule has 0 aliphatic carbocycles. The third kappa shape index (κ3) is 5.70. The number of likely N-dealkylation sites (tertiary alicyclic amines) is 1. The minimum Gasteiger partial charge on any atom is -0.326 e. The van der Waals surface area contributed by atoms with E-state index in [9.17, 15) is 9.59 Å². The molecule has 3 aromatic rings. The molecule has 1 aliphatic heterocycles. The summed E-state index contributed by atoms with van der Waals surface area (Å²) in [6, 6.07) is 26.7. The van der Waals surface area contributed by atoms with Crippen molar-refractivity contribution in [2.75, 3.05) is 18.4 Å². The van der Waals surface area contributed by atoms with Crippen LogP contribution in [0.2, 0.25) is 0 Å². The van der Waals surface area contributed by atoms with Crippen molar-refractivity contribution in [2.45, 2.75) is 32.2 Å². The summed E-state index contributed by atoms with van der Waals surface area (Å²) in [4.78, 5) is 28.6. The molecule has 5 heteroatoms. The topological polar surface area (TPSA) is 49.4 Å². The Labute approximate surface area is 202 Å². The highest BCUT2D eigenvalue weighted by Gasteiger charge is 2.41. The normalized spacial score (nSPS) is 18.4. The zero-order valence-electron chi connectivity index (χ0n) is 19.3. The van der Waals surface area contributed by atoms with E-state index in [1.54, 1.807) is 24.3 Å². The number of benzene rings is 3. The van der Waals surface area contributed by atoms with E-state index in [0.717, 1.165) is 6.54 Å². The van der Waals surface area contributed by atoms with Gasteiger partial charge >= 0.3 is 0 Å². The SMILES string of the molecule is CC(C)(C)N1C[C@@H](C(=O)Nc2cccc(C(=O)c3ccccc3)c2)[C@H](c2ccccc2)C1.Cl. The zero-order chi connectivity index (χ0) is 22.7. The summed E-state index contributed by atoms with van der Waals surface area (Å²) in [5, 5.41) is 3.08. The van der Waals surface area contributed by atoms with Gasteiger partial charge in [-0.2, -0.15) is 0 Å². The number of rotatable bonds is 5. The van der Waals surface area contributed by atoms with E-state index in [4.69, 9.17) is 0 Å². The molecule has 172 valence electrons. The maximum atomic E-state index is 13.4. The summed E-state index contributed by atoms with van der Waals surface area (Å²) in [6.07, 6.45) is 0. The van der Waals surface area contributed by atoms with Gasteiger partial charge in [0, 0.05) is 41.4 Å². The van der Waals surface area contributed by atoms with Gasteiger partial charge in [-0.3, -0.25) is 14.5 Å². The number of anilines is 1. The molecule has 1 N–H and O–H groups in total. The summed E-state index contributed by atoms with van der Waals surface area (Å²) < 4.78 is 0. The lowest BCUT2D eigenvalue weighted by atomic mass is 9.88. The molecule has 4 nitrogen and oxygen atoms in total. The predicted molar refractivity (Wildman–Crippen MR) is 136 cm³/mol. The minimum atomic E-state index is -0.162. The minimum absolute atomic E-state index is 0. The monoisotopic (exact) mass is 462 g/mol. The lowest BCUT2D eigenvalue weighted by molar-refractivity contribution is -0.120. The number of nitrogens with one attached hydrogen (secondary N) is 1. The van der Waals surface area contributed by atoms with Crippen LogP contribution >= 0.6 is 12.4 Å². The lowest BCUT2D eigenvalue weighted by Crippen LogP contribution is -2.40. The molecule has 3 aromatic carbocycles. The van der Waals surface area contributed by atoms with Crippen LogP contribution in [0.15, 0.2) is 84.9 Å². The number of amides is 1. The van der Waals surface area contributed by atoms with Crippen molar-refractivity contribution in [3.05, 3.63) is 102 Å². The Bertz CT molecular complexity index is 1090. The van der Waals surface area contributed by atoms with E-state index in [2.05, 4.69) is 43.1 Å². The van der Waals surface area contributed by atoms with Crippen molar-refractivity contribution in [1.29, 1.82) is 0 Å². The smallest absolute Gasteiger partial charge is 0.229 e. The van der Waals surface area contributed by atoms with E-state index < -0.39 is 0 Å². The predicted octanol–water partition coefficient (Wildman–Crippen LogP) is 5.79. The largest absolute Gasteiger partial charge is 0.326 e. The van der Waals surface area contributed by atoms with Gasteiger partial charge in [0.25, 0.3) is 0 Å². The van der Waals surface area contributed by atoms with E-state index in [0.29, 0.717) is 23.4 Å². The second kappa shape index (κ2) is 10.3. The van der Waals surface area contributed by atoms with Crippen LogP contribution in [0.3, 0.4) is 0 Å². The Hall–Kier alpha value is -2.95. The summed E-state index contributed by atoms with van der Waals surface area (Å²) in [5.74, 6) is -0.0896. The molecule has 1 aliphatic rings. The van der Waals surface area contributed by atoms with Gasteiger partial charge in [0.1, 0.15) is 0 Å². The summed E-state index contributed by atoms with van der Waals surface area (Å²) >= 11 is 0. The Morgan fingerprint density at radius 2 is 1.42 bits per heavy atom. The van der Waals surface area contributed by atoms with Crippen molar-refractivity contribution < 1.29 is 9.59 Å². The number of carbonyl (C=O) groups is 2. The molecule has 0 saturated carbocycles. The van der Waals surface area contributed by atoms with Crippen LogP contribution in [0, 0.1) is 5.92 Å². The van der Waals surface area contributed by atoms with Gasteiger partial charge in [0.15, 0.2) is 5.78 Å². The molecule has 2 atom stereocenters. The molecular formula is C28H31ClN2O2. The van der Waals surface area contributed by atoms with Crippen LogP contribution in [-0.4, -0.2) is 35.2 Å². The van der Waals surface area contributed by atoms with Gasteiger partial charge in [-0.1, -0.05) is 72.8 Å². The first-order valence-electron chi connectivity index (χ1n) is 11.1. The van der Waals surface area contributed by atoms with Crippen LogP contribution in [0.1, 0.15) is 48.2 Å². The van der Waals surface area contributed by atoms with Crippen LogP contribution in [0.25, 0.3) is 0 Å². The highest BCUT2D eigenvalue weighted by molar-refractivity contribution is 6.09. The summed E-state index contributed by atoms with van der Waals surface area (Å²) in [6.45, 7) is 8.12. The van der Waals surface area contributed by atoms with Crippen LogP contribution < -0.4 is 5.32 Å². The Morgan fingerprint density at radius 3 is 2.06 bits per heavy atom. The fraction of sp³-hybridized carbons (Fsp3) is 0.286. The number of hydrogen-bond donors (Lipinski definition) is 1. The Kier molecular flexibility index (Phi) is 7.72. The van der Waals surface area contributed by atoms with Gasteiger partial charge in [0.05, 0.1) is 5.92 Å². The third-order valence-corrected chi connectivity index (χ3v) is 6.26. The maximum absolute atomic E-state index is 13.4. The second-order valence-corrected chi connectivity index (χ2v) is 9.46. The standard InChI is InChI=1S/C28H30N2O2.ClH/c1-28(2,3)30-18-24(20-11-6-4-7-12-20)25(19-30)27(32)29-23-16-10-15-22(17-23)26(31)21-13-8-5-9-14-21;/h4-17,24-25H,18-19H2,1-3H3,(H,29,32);1H/t24-,25+;/m0./s1. The number of carbonyl (C=O) groups excluding carboxylic acids is 2. The summed E-state index contributed by atoms with van der Waals surface area (Å²) in [5.41, 5.74) is 3.03. The Balaban J connectivity index is 0.00000306. The number of ketones is 1. The number of nitrogens with zero attached hydrogens (tertiary/aromatic N) is 1. The maximum Gasteiger partial charge on any atom is 0.229 e. The Morgan fingerprint density at radius 1 is 0.818 bits per heavy atom. The molecule has 1 heterocycles. The van der Waals surface area contributed by atoms with Gasteiger partial charge in [-0.15, -0.1) is 12.4 Å². The molecule has 0 bridgehead atoms. The molecule has 33 heavy (non-hydrogen) atoms. The zero-order valence-corrected chi connectivity index (χ0v) is 20.1. The molecule has 0 radical (unpaired) electrons. The van der Waals surface area contributed by atoms with Crippen molar-refractivity contribution in [3.63, 3.8) is 0 Å². The number of halogens is 1. The average molecular weight is 463 g/mol. The van der Waals surface area contributed by atoms with Crippen molar-refractivity contribution in [3.8, 4) is 0 Å². The molecule has 0 aromatic heterocycles. The van der Waals surface area contributed by atoms with E-state index >= 15 is 0 Å². The first-order chi connectivity index (χ1) is 15.3. The lowest BCUT2D eigenvalue weighted by Gasteiger charge is -2.31. The van der Waals surface area contributed by atoms with Gasteiger partial charge in [-0.05, 0) is 38.5 Å². The van der Waals surface area contributed by atoms with Crippen LogP contribution in [0.4, 0.5) is 5.69 Å². The fourth-order valence-electron chi connectivity index (χ4n) is 4.38. The molecule has 1 amide bonds. The van der Waals surface area contributed by atoms with Crippen LogP contribution in [-0.2, 0) is 4.79 Å². The molecule has 0 spiro atoms. The fourth-order valence-corrected chi connectivity index (χ4v) is 4.38. The molecule has 0 unspecified atom stereocenters.